The summed E-state index contributed by atoms with van der Waals surface area (Å²) in [5.74, 6) is 2.05. The summed E-state index contributed by atoms with van der Waals surface area (Å²) in [4.78, 5) is 0. The van der Waals surface area contributed by atoms with Crippen molar-refractivity contribution >= 4 is 11.0 Å². The Balaban J connectivity index is 2.66. The first-order valence-corrected chi connectivity index (χ1v) is 8.11. The number of aryl methyl sites for hydroxylation is 1. The van der Waals surface area contributed by atoms with Crippen LogP contribution in [-0.2, 0) is 6.54 Å². The maximum absolute atomic E-state index is 6.32. The molecular formula is C19H29NO. The molecule has 1 aromatic heterocycles. The summed E-state index contributed by atoms with van der Waals surface area (Å²) in [6, 6.07) is 4.91. The highest BCUT2D eigenvalue weighted by molar-refractivity contribution is 5.89. The van der Waals surface area contributed by atoms with Gasteiger partial charge in [0, 0.05) is 17.0 Å². The Hall–Kier alpha value is -1.28. The van der Waals surface area contributed by atoms with Crippen molar-refractivity contribution in [1.29, 1.82) is 0 Å². The van der Waals surface area contributed by atoms with Crippen LogP contribution in [0.5, 0.6) is 0 Å². The van der Waals surface area contributed by atoms with E-state index in [0.717, 1.165) is 17.9 Å². The lowest BCUT2D eigenvalue weighted by Crippen LogP contribution is -2.22. The Labute approximate surface area is 128 Å². The van der Waals surface area contributed by atoms with Gasteiger partial charge >= 0.3 is 0 Å². The molecule has 0 bridgehead atoms. The molecule has 0 atom stereocenters. The van der Waals surface area contributed by atoms with Gasteiger partial charge in [-0.2, -0.15) is 0 Å². The number of furan rings is 1. The number of fused-ring (bicyclic) bond motifs is 1. The lowest BCUT2D eigenvalue weighted by molar-refractivity contribution is 0.478. The fraction of sp³-hybridized carbons (Fsp3) is 0.579. The highest BCUT2D eigenvalue weighted by Crippen LogP contribution is 2.38. The molecule has 1 N–H and O–H groups in total. The van der Waals surface area contributed by atoms with Crippen LogP contribution in [0.3, 0.4) is 0 Å². The van der Waals surface area contributed by atoms with Gasteiger partial charge in [0.25, 0.3) is 0 Å². The van der Waals surface area contributed by atoms with E-state index >= 15 is 0 Å². The molecule has 0 unspecified atom stereocenters. The average molecular weight is 287 g/mol. The molecule has 0 aliphatic carbocycles. The van der Waals surface area contributed by atoms with Gasteiger partial charge in [0.15, 0.2) is 0 Å². The molecule has 0 fully saturated rings. The Morgan fingerprint density at radius 1 is 1.00 bits per heavy atom. The van der Waals surface area contributed by atoms with E-state index in [2.05, 4.69) is 65.9 Å². The van der Waals surface area contributed by atoms with E-state index in [-0.39, 0.29) is 0 Å². The highest BCUT2D eigenvalue weighted by atomic mass is 16.3. The van der Waals surface area contributed by atoms with Gasteiger partial charge in [-0.1, -0.05) is 53.7 Å². The quantitative estimate of drug-likeness (QED) is 0.787. The van der Waals surface area contributed by atoms with Crippen LogP contribution in [0, 0.1) is 6.92 Å². The van der Waals surface area contributed by atoms with Crippen molar-refractivity contribution < 1.29 is 4.42 Å². The maximum atomic E-state index is 6.32. The third-order valence-electron chi connectivity index (χ3n) is 4.06. The van der Waals surface area contributed by atoms with Crippen LogP contribution in [0.25, 0.3) is 11.0 Å². The maximum Gasteiger partial charge on any atom is 0.138 e. The van der Waals surface area contributed by atoms with Crippen molar-refractivity contribution in [3.05, 3.63) is 34.6 Å². The first kappa shape index (κ1) is 16.1. The molecule has 0 saturated heterocycles. The molecule has 116 valence electrons. The monoisotopic (exact) mass is 287 g/mol. The van der Waals surface area contributed by atoms with Gasteiger partial charge in [-0.25, -0.2) is 0 Å². The highest BCUT2D eigenvalue weighted by Gasteiger charge is 2.21. The predicted octanol–water partition coefficient (Wildman–Crippen LogP) is 5.49. The van der Waals surface area contributed by atoms with E-state index < -0.39 is 0 Å². The van der Waals surface area contributed by atoms with E-state index in [9.17, 15) is 0 Å². The van der Waals surface area contributed by atoms with Crippen molar-refractivity contribution in [2.45, 2.75) is 72.9 Å². The van der Waals surface area contributed by atoms with Gasteiger partial charge in [-0.15, -0.1) is 0 Å². The zero-order chi connectivity index (χ0) is 15.7. The molecule has 0 radical (unpaired) electrons. The summed E-state index contributed by atoms with van der Waals surface area (Å²) in [5, 5.41) is 4.82. The van der Waals surface area contributed by atoms with Crippen LogP contribution in [0.1, 0.15) is 75.8 Å². The smallest absolute Gasteiger partial charge is 0.138 e. The number of nitrogens with one attached hydrogen (secondary N) is 1. The number of hydrogen-bond acceptors (Lipinski definition) is 2. The normalized spacial score (nSPS) is 12.3. The first-order chi connectivity index (χ1) is 9.82. The molecule has 2 rings (SSSR count). The fourth-order valence-corrected chi connectivity index (χ4v) is 2.95. The Kier molecular flexibility index (Phi) is 4.77. The zero-order valence-electron chi connectivity index (χ0n) is 14.5. The second-order valence-corrected chi connectivity index (χ2v) is 6.96. The van der Waals surface area contributed by atoms with E-state index in [0.29, 0.717) is 17.9 Å². The molecule has 2 nitrogen and oxygen atoms in total. The SMILES string of the molecule is Cc1ccc(C(C)C)c2oc(CNC(C)C)c(C(C)C)c12. The lowest BCUT2D eigenvalue weighted by Gasteiger charge is -2.11. The molecule has 1 heterocycles. The van der Waals surface area contributed by atoms with Crippen LogP contribution < -0.4 is 5.32 Å². The van der Waals surface area contributed by atoms with Gasteiger partial charge in [-0.05, 0) is 29.9 Å². The van der Waals surface area contributed by atoms with Crippen molar-refractivity contribution in [2.75, 3.05) is 0 Å². The third kappa shape index (κ3) is 3.16. The standard InChI is InChI=1S/C19H29NO/c1-11(2)15-9-8-14(7)18-17(12(3)4)16(21-19(15)18)10-20-13(5)6/h8-9,11-13,20H,10H2,1-7H3. The van der Waals surface area contributed by atoms with Gasteiger partial charge < -0.3 is 9.73 Å². The van der Waals surface area contributed by atoms with Crippen molar-refractivity contribution in [3.8, 4) is 0 Å². The van der Waals surface area contributed by atoms with Crippen LogP contribution in [-0.4, -0.2) is 6.04 Å². The summed E-state index contributed by atoms with van der Waals surface area (Å²) >= 11 is 0. The molecule has 0 amide bonds. The van der Waals surface area contributed by atoms with Crippen molar-refractivity contribution in [3.63, 3.8) is 0 Å². The summed E-state index contributed by atoms with van der Waals surface area (Å²) < 4.78 is 6.32. The van der Waals surface area contributed by atoms with Gasteiger partial charge in [-0.3, -0.25) is 0 Å². The topological polar surface area (TPSA) is 25.2 Å². The van der Waals surface area contributed by atoms with E-state index in [1.54, 1.807) is 0 Å². The average Bonchev–Trinajstić information content (AvgIpc) is 2.76. The zero-order valence-corrected chi connectivity index (χ0v) is 14.5. The number of rotatable bonds is 5. The van der Waals surface area contributed by atoms with Gasteiger partial charge in [0.05, 0.1) is 6.54 Å². The molecule has 2 aromatic rings. The summed E-state index contributed by atoms with van der Waals surface area (Å²) in [7, 11) is 0. The van der Waals surface area contributed by atoms with Crippen LogP contribution >= 0.6 is 0 Å². The predicted molar refractivity (Wildman–Crippen MR) is 91.1 cm³/mol. The Morgan fingerprint density at radius 3 is 2.19 bits per heavy atom. The van der Waals surface area contributed by atoms with Crippen molar-refractivity contribution in [2.24, 2.45) is 0 Å². The Bertz CT molecular complexity index is 620. The van der Waals surface area contributed by atoms with Crippen molar-refractivity contribution in [1.82, 2.24) is 5.32 Å². The fourth-order valence-electron chi connectivity index (χ4n) is 2.95. The number of hydrogen-bond donors (Lipinski definition) is 1. The minimum Gasteiger partial charge on any atom is -0.459 e. The van der Waals surface area contributed by atoms with Crippen LogP contribution in [0.2, 0.25) is 0 Å². The summed E-state index contributed by atoms with van der Waals surface area (Å²) in [5.41, 5.74) is 5.10. The van der Waals surface area contributed by atoms with E-state index in [1.807, 2.05) is 0 Å². The van der Waals surface area contributed by atoms with Gasteiger partial charge in [0.2, 0.25) is 0 Å². The molecule has 1 aromatic carbocycles. The second kappa shape index (κ2) is 6.23. The molecule has 21 heavy (non-hydrogen) atoms. The molecule has 0 spiro atoms. The van der Waals surface area contributed by atoms with E-state index in [1.165, 1.54) is 22.1 Å². The molecule has 2 heteroatoms. The van der Waals surface area contributed by atoms with Gasteiger partial charge in [0.1, 0.15) is 11.3 Å². The molecular weight excluding hydrogens is 258 g/mol. The largest absolute Gasteiger partial charge is 0.459 e. The molecule has 0 saturated carbocycles. The molecule has 0 aliphatic heterocycles. The second-order valence-electron chi connectivity index (χ2n) is 6.96. The summed E-state index contributed by atoms with van der Waals surface area (Å²) in [6.45, 7) is 16.3. The third-order valence-corrected chi connectivity index (χ3v) is 4.06. The first-order valence-electron chi connectivity index (χ1n) is 8.11. The van der Waals surface area contributed by atoms with E-state index in [4.69, 9.17) is 4.42 Å². The number of benzene rings is 1. The molecule has 0 aliphatic rings. The summed E-state index contributed by atoms with van der Waals surface area (Å²) in [6.07, 6.45) is 0. The minimum atomic E-state index is 0.462. The minimum absolute atomic E-state index is 0.462. The van der Waals surface area contributed by atoms with Crippen LogP contribution in [0.15, 0.2) is 16.5 Å². The van der Waals surface area contributed by atoms with Crippen LogP contribution in [0.4, 0.5) is 0 Å². The Morgan fingerprint density at radius 2 is 1.67 bits per heavy atom. The lowest BCUT2D eigenvalue weighted by atomic mass is 9.92.